The van der Waals surface area contributed by atoms with Gasteiger partial charge in [0.1, 0.15) is 6.61 Å². The summed E-state index contributed by atoms with van der Waals surface area (Å²) in [6.07, 6.45) is 50.3. The minimum absolute atomic E-state index is 0.104. The number of unbranched alkanes of at least 4 members (excludes halogenated alkanes) is 6. The molecule has 0 aromatic rings. The lowest BCUT2D eigenvalue weighted by molar-refractivity contribution is -0.161. The molecular formula is C41H64O5. The highest BCUT2D eigenvalue weighted by atomic mass is 16.6. The topological polar surface area (TPSA) is 72.8 Å². The fourth-order valence-corrected chi connectivity index (χ4v) is 4.24. The van der Waals surface area contributed by atoms with Crippen molar-refractivity contribution in [2.45, 2.75) is 136 Å². The predicted octanol–water partition coefficient (Wildman–Crippen LogP) is 10.9. The van der Waals surface area contributed by atoms with Crippen molar-refractivity contribution in [3.05, 3.63) is 97.2 Å². The van der Waals surface area contributed by atoms with E-state index >= 15 is 0 Å². The van der Waals surface area contributed by atoms with Crippen LogP contribution in [0.1, 0.15) is 129 Å². The van der Waals surface area contributed by atoms with Crippen LogP contribution in [0.4, 0.5) is 0 Å². The zero-order valence-electron chi connectivity index (χ0n) is 29.0. The number of aliphatic hydroxyl groups is 1. The summed E-state index contributed by atoms with van der Waals surface area (Å²) in [5.74, 6) is -0.681. The first-order valence-electron chi connectivity index (χ1n) is 17.8. The molecule has 1 N–H and O–H groups in total. The molecule has 0 amide bonds. The van der Waals surface area contributed by atoms with Crippen molar-refractivity contribution in [3.8, 4) is 0 Å². The summed E-state index contributed by atoms with van der Waals surface area (Å²) in [5.41, 5.74) is 0. The Balaban J connectivity index is 3.74. The number of allylic oxidation sites excluding steroid dienone is 16. The Morgan fingerprint density at radius 2 is 0.870 bits per heavy atom. The van der Waals surface area contributed by atoms with E-state index in [0.29, 0.717) is 12.8 Å². The highest BCUT2D eigenvalue weighted by Gasteiger charge is 2.16. The van der Waals surface area contributed by atoms with Crippen LogP contribution in [0, 0.1) is 0 Å². The van der Waals surface area contributed by atoms with Crippen LogP contribution in [0.3, 0.4) is 0 Å². The highest BCUT2D eigenvalue weighted by molar-refractivity contribution is 5.70. The molecule has 1 atom stereocenters. The Hall–Kier alpha value is -3.18. The van der Waals surface area contributed by atoms with Crippen molar-refractivity contribution in [2.75, 3.05) is 13.2 Å². The molecule has 0 heterocycles. The van der Waals surface area contributed by atoms with E-state index in [4.69, 9.17) is 9.47 Å². The molecule has 0 unspecified atom stereocenters. The fourth-order valence-electron chi connectivity index (χ4n) is 4.24. The van der Waals surface area contributed by atoms with E-state index in [-0.39, 0.29) is 25.2 Å². The van der Waals surface area contributed by atoms with Gasteiger partial charge in [-0.2, -0.15) is 0 Å². The molecule has 46 heavy (non-hydrogen) atoms. The number of ether oxygens (including phenoxy) is 2. The Labute approximate surface area is 281 Å². The molecule has 5 nitrogen and oxygen atoms in total. The zero-order valence-corrected chi connectivity index (χ0v) is 29.0. The van der Waals surface area contributed by atoms with Crippen molar-refractivity contribution in [1.29, 1.82) is 0 Å². The summed E-state index contributed by atoms with van der Waals surface area (Å²) >= 11 is 0. The Kier molecular flexibility index (Phi) is 33.8. The van der Waals surface area contributed by atoms with E-state index < -0.39 is 6.10 Å². The zero-order chi connectivity index (χ0) is 33.6. The lowest BCUT2D eigenvalue weighted by atomic mass is 10.1. The van der Waals surface area contributed by atoms with Gasteiger partial charge >= 0.3 is 11.9 Å². The SMILES string of the molecule is CCC=CCC=CCC=CCC=CCCCCCCC(=O)O[C@@H](CO)COC(=O)CCCCC=CCC=CCC=CCC=CCC. The van der Waals surface area contributed by atoms with Gasteiger partial charge in [-0.25, -0.2) is 0 Å². The summed E-state index contributed by atoms with van der Waals surface area (Å²) in [6.45, 7) is 3.82. The summed E-state index contributed by atoms with van der Waals surface area (Å²) in [4.78, 5) is 24.2. The van der Waals surface area contributed by atoms with Crippen LogP contribution in [0.15, 0.2) is 97.2 Å². The smallest absolute Gasteiger partial charge is 0.306 e. The number of carbonyl (C=O) groups excluding carboxylic acids is 2. The van der Waals surface area contributed by atoms with Crippen molar-refractivity contribution in [2.24, 2.45) is 0 Å². The second-order valence-electron chi connectivity index (χ2n) is 11.2. The molecule has 258 valence electrons. The largest absolute Gasteiger partial charge is 0.462 e. The van der Waals surface area contributed by atoms with Gasteiger partial charge in [-0.15, -0.1) is 0 Å². The maximum absolute atomic E-state index is 12.1. The number of carbonyl (C=O) groups is 2. The van der Waals surface area contributed by atoms with Gasteiger partial charge in [-0.1, -0.05) is 124 Å². The maximum atomic E-state index is 12.1. The third kappa shape index (κ3) is 33.7. The average molecular weight is 637 g/mol. The quantitative estimate of drug-likeness (QED) is 0.0482. The molecule has 0 aromatic carbocycles. The molecule has 0 saturated carbocycles. The second-order valence-corrected chi connectivity index (χ2v) is 11.2. The van der Waals surface area contributed by atoms with Gasteiger partial charge in [0.15, 0.2) is 6.10 Å². The molecule has 0 saturated heterocycles. The lowest BCUT2D eigenvalue weighted by Crippen LogP contribution is -2.28. The molecular weight excluding hydrogens is 572 g/mol. The molecule has 0 aliphatic carbocycles. The van der Waals surface area contributed by atoms with E-state index in [2.05, 4.69) is 111 Å². The number of hydrogen-bond acceptors (Lipinski definition) is 5. The second kappa shape index (κ2) is 36.3. The van der Waals surface area contributed by atoms with Gasteiger partial charge < -0.3 is 14.6 Å². The molecule has 5 heteroatoms. The lowest BCUT2D eigenvalue weighted by Gasteiger charge is -2.15. The third-order valence-corrected chi connectivity index (χ3v) is 6.87. The standard InChI is InChI=1S/C41H64O5/c1-3-5-7-9-11-13-15-17-19-20-22-24-26-28-30-32-34-36-41(44)46-39(37-42)38-45-40(43)35-33-31-29-27-25-23-21-18-16-14-12-10-8-6-4-2/h5-8,11-14,17-19,21-22,24-25,27,39,42H,3-4,9-10,15-16,20,23,26,28-38H2,1-2H3/t39-/m0/s1. The van der Waals surface area contributed by atoms with E-state index in [0.717, 1.165) is 103 Å². The minimum Gasteiger partial charge on any atom is -0.462 e. The van der Waals surface area contributed by atoms with Gasteiger partial charge in [0, 0.05) is 12.8 Å². The maximum Gasteiger partial charge on any atom is 0.306 e. The van der Waals surface area contributed by atoms with Crippen molar-refractivity contribution in [3.63, 3.8) is 0 Å². The Morgan fingerprint density at radius 3 is 1.33 bits per heavy atom. The highest BCUT2D eigenvalue weighted by Crippen LogP contribution is 2.09. The van der Waals surface area contributed by atoms with Gasteiger partial charge in [0.05, 0.1) is 6.61 Å². The van der Waals surface area contributed by atoms with E-state index in [1.165, 1.54) is 0 Å². The summed E-state index contributed by atoms with van der Waals surface area (Å²) in [7, 11) is 0. The van der Waals surface area contributed by atoms with Crippen molar-refractivity contribution in [1.82, 2.24) is 0 Å². The molecule has 0 bridgehead atoms. The Morgan fingerprint density at radius 1 is 0.500 bits per heavy atom. The van der Waals surface area contributed by atoms with Gasteiger partial charge in [-0.3, -0.25) is 9.59 Å². The minimum atomic E-state index is -0.806. The van der Waals surface area contributed by atoms with Crippen LogP contribution in [0.5, 0.6) is 0 Å². The fraction of sp³-hybridized carbons (Fsp3) is 0.561. The first-order chi connectivity index (χ1) is 22.6. The molecule has 0 aromatic heterocycles. The van der Waals surface area contributed by atoms with Gasteiger partial charge in [-0.05, 0) is 89.9 Å². The number of esters is 2. The molecule has 0 fully saturated rings. The van der Waals surface area contributed by atoms with Crippen LogP contribution in [-0.2, 0) is 19.1 Å². The normalized spacial score (nSPS) is 13.4. The van der Waals surface area contributed by atoms with Gasteiger partial charge in [0.25, 0.3) is 0 Å². The van der Waals surface area contributed by atoms with Crippen LogP contribution in [0.25, 0.3) is 0 Å². The number of aliphatic hydroxyl groups excluding tert-OH is 1. The van der Waals surface area contributed by atoms with Gasteiger partial charge in [0.2, 0.25) is 0 Å². The van der Waals surface area contributed by atoms with E-state index in [1.54, 1.807) is 0 Å². The van der Waals surface area contributed by atoms with Crippen molar-refractivity contribution < 1.29 is 24.2 Å². The van der Waals surface area contributed by atoms with Crippen LogP contribution in [0.2, 0.25) is 0 Å². The van der Waals surface area contributed by atoms with E-state index in [9.17, 15) is 14.7 Å². The Bertz CT molecular complexity index is 948. The molecule has 0 radical (unpaired) electrons. The first kappa shape index (κ1) is 42.8. The van der Waals surface area contributed by atoms with Crippen LogP contribution >= 0.6 is 0 Å². The summed E-state index contributed by atoms with van der Waals surface area (Å²) in [5, 5.41) is 9.52. The van der Waals surface area contributed by atoms with Crippen LogP contribution < -0.4 is 0 Å². The average Bonchev–Trinajstić information content (AvgIpc) is 3.06. The van der Waals surface area contributed by atoms with Crippen molar-refractivity contribution >= 4 is 11.9 Å². The molecule has 0 spiro atoms. The molecule has 0 aliphatic rings. The van der Waals surface area contributed by atoms with Crippen LogP contribution in [-0.4, -0.2) is 36.4 Å². The molecule has 0 rings (SSSR count). The summed E-state index contributed by atoms with van der Waals surface area (Å²) in [6, 6.07) is 0. The number of rotatable bonds is 30. The first-order valence-corrected chi connectivity index (χ1v) is 17.8. The monoisotopic (exact) mass is 636 g/mol. The number of hydrogen-bond donors (Lipinski definition) is 1. The summed E-state index contributed by atoms with van der Waals surface area (Å²) < 4.78 is 10.5. The van der Waals surface area contributed by atoms with E-state index in [1.807, 2.05) is 0 Å². The predicted molar refractivity (Wildman–Crippen MR) is 195 cm³/mol. The third-order valence-electron chi connectivity index (χ3n) is 6.87. The molecule has 0 aliphatic heterocycles.